The van der Waals surface area contributed by atoms with Gasteiger partial charge >= 0.3 is 0 Å². The molecule has 27 heavy (non-hydrogen) atoms. The zero-order valence-electron chi connectivity index (χ0n) is 14.5. The molecule has 0 saturated carbocycles. The fraction of sp³-hybridized carbons (Fsp3) is 0. The molecule has 0 N–H and O–H groups in total. The standard InChI is InChI=1S/C24H14O2S/c1-12-4-5-15-10-20(26-22(12)15)17-9-14(3)24-18(17)11-21(27-24)19-8-13(2)16-6-7-25-23(16)19/h4-11H,1-3H2. The number of allylic oxidation sites excluding steroid dienone is 6. The monoisotopic (exact) mass is 366 g/mol. The predicted molar refractivity (Wildman–Crippen MR) is 112 cm³/mol. The van der Waals surface area contributed by atoms with Gasteiger partial charge in [-0.15, -0.1) is 11.3 Å². The third-order valence-electron chi connectivity index (χ3n) is 5.25. The zero-order valence-corrected chi connectivity index (χ0v) is 15.3. The van der Waals surface area contributed by atoms with Crippen molar-refractivity contribution in [1.29, 1.82) is 0 Å². The Morgan fingerprint density at radius 2 is 1.67 bits per heavy atom. The normalized spacial score (nSPS) is 16.7. The van der Waals surface area contributed by atoms with Crippen molar-refractivity contribution in [2.24, 2.45) is 0 Å². The van der Waals surface area contributed by atoms with Crippen LogP contribution in [-0.2, 0) is 0 Å². The highest BCUT2D eigenvalue weighted by Crippen LogP contribution is 2.49. The molecule has 2 nitrogen and oxygen atoms in total. The summed E-state index contributed by atoms with van der Waals surface area (Å²) in [6.45, 7) is 12.4. The first kappa shape index (κ1) is 14.8. The SMILES string of the molecule is C=C1C=C(c2cc3c(s2)C(=C)C=C3c2cc3c(o2)C(=C)C=C3)c2occc21. The van der Waals surface area contributed by atoms with Crippen LogP contribution >= 0.6 is 11.3 Å². The Hall–Kier alpha value is -3.30. The fourth-order valence-corrected chi connectivity index (χ4v) is 5.06. The van der Waals surface area contributed by atoms with E-state index in [2.05, 4.69) is 44.0 Å². The third-order valence-corrected chi connectivity index (χ3v) is 6.50. The minimum absolute atomic E-state index is 0.857. The number of fused-ring (bicyclic) bond motifs is 3. The minimum atomic E-state index is 0.857. The number of rotatable bonds is 2. The molecular formula is C24H14O2S. The molecule has 128 valence electrons. The van der Waals surface area contributed by atoms with Crippen molar-refractivity contribution < 1.29 is 8.83 Å². The lowest BCUT2D eigenvalue weighted by Gasteiger charge is -1.99. The number of furan rings is 2. The van der Waals surface area contributed by atoms with Crippen LogP contribution in [0.5, 0.6) is 0 Å². The maximum absolute atomic E-state index is 6.11. The predicted octanol–water partition coefficient (Wildman–Crippen LogP) is 6.89. The van der Waals surface area contributed by atoms with Gasteiger partial charge in [-0.3, -0.25) is 0 Å². The minimum Gasteiger partial charge on any atom is -0.464 e. The molecule has 0 aliphatic heterocycles. The Kier molecular flexibility index (Phi) is 2.69. The third kappa shape index (κ3) is 1.89. The van der Waals surface area contributed by atoms with E-state index < -0.39 is 0 Å². The molecule has 3 aromatic heterocycles. The van der Waals surface area contributed by atoms with Crippen LogP contribution in [0.4, 0.5) is 0 Å². The van der Waals surface area contributed by atoms with Crippen molar-refractivity contribution in [3.05, 3.63) is 106 Å². The van der Waals surface area contributed by atoms with Gasteiger partial charge in [0, 0.05) is 43.2 Å². The molecule has 0 saturated heterocycles. The lowest BCUT2D eigenvalue weighted by Crippen LogP contribution is -1.82. The summed E-state index contributed by atoms with van der Waals surface area (Å²) in [7, 11) is 0. The van der Waals surface area contributed by atoms with Gasteiger partial charge in [0.25, 0.3) is 0 Å². The molecule has 0 spiro atoms. The van der Waals surface area contributed by atoms with Crippen molar-refractivity contribution in [2.45, 2.75) is 0 Å². The van der Waals surface area contributed by atoms with Gasteiger partial charge in [-0.1, -0.05) is 31.9 Å². The van der Waals surface area contributed by atoms with E-state index in [1.165, 1.54) is 4.88 Å². The molecule has 0 fully saturated rings. The molecule has 3 aromatic rings. The Labute approximate surface area is 160 Å². The first-order valence-electron chi connectivity index (χ1n) is 8.66. The van der Waals surface area contributed by atoms with Crippen molar-refractivity contribution in [3.63, 3.8) is 0 Å². The van der Waals surface area contributed by atoms with Gasteiger partial charge in [0.2, 0.25) is 0 Å². The Morgan fingerprint density at radius 1 is 0.815 bits per heavy atom. The maximum atomic E-state index is 6.11. The molecule has 3 heterocycles. The summed E-state index contributed by atoms with van der Waals surface area (Å²) in [5.74, 6) is 2.61. The number of thiophene rings is 1. The van der Waals surface area contributed by atoms with Gasteiger partial charge < -0.3 is 8.83 Å². The van der Waals surface area contributed by atoms with E-state index in [9.17, 15) is 0 Å². The summed E-state index contributed by atoms with van der Waals surface area (Å²) in [5, 5.41) is 0. The summed E-state index contributed by atoms with van der Waals surface area (Å²) in [6.07, 6.45) is 9.94. The van der Waals surface area contributed by atoms with Crippen LogP contribution in [0.3, 0.4) is 0 Å². The van der Waals surface area contributed by atoms with Gasteiger partial charge in [-0.25, -0.2) is 0 Å². The van der Waals surface area contributed by atoms with Crippen LogP contribution in [0.2, 0.25) is 0 Å². The molecule has 0 aromatic carbocycles. The van der Waals surface area contributed by atoms with Crippen LogP contribution in [0, 0.1) is 0 Å². The summed E-state index contributed by atoms with van der Waals surface area (Å²) < 4.78 is 11.8. The van der Waals surface area contributed by atoms with Gasteiger partial charge in [0.1, 0.15) is 17.3 Å². The topological polar surface area (TPSA) is 26.3 Å². The summed E-state index contributed by atoms with van der Waals surface area (Å²) >= 11 is 1.73. The highest BCUT2D eigenvalue weighted by atomic mass is 32.1. The van der Waals surface area contributed by atoms with E-state index >= 15 is 0 Å². The van der Waals surface area contributed by atoms with Crippen LogP contribution < -0.4 is 0 Å². The highest BCUT2D eigenvalue weighted by molar-refractivity contribution is 7.14. The first-order valence-corrected chi connectivity index (χ1v) is 9.48. The van der Waals surface area contributed by atoms with Gasteiger partial charge in [0.05, 0.1) is 6.26 Å². The lowest BCUT2D eigenvalue weighted by molar-refractivity contribution is 0.542. The van der Waals surface area contributed by atoms with E-state index in [4.69, 9.17) is 8.83 Å². The Balaban J connectivity index is 1.47. The molecule has 0 bridgehead atoms. The number of hydrogen-bond donors (Lipinski definition) is 0. The van der Waals surface area contributed by atoms with Gasteiger partial charge in [-0.2, -0.15) is 0 Å². The molecule has 0 unspecified atom stereocenters. The van der Waals surface area contributed by atoms with Crippen LogP contribution in [0.1, 0.15) is 43.7 Å². The molecule has 3 aliphatic carbocycles. The average molecular weight is 366 g/mol. The Bertz CT molecular complexity index is 1310. The van der Waals surface area contributed by atoms with E-state index in [-0.39, 0.29) is 0 Å². The molecule has 6 rings (SSSR count). The molecule has 3 heteroatoms. The second-order valence-corrected chi connectivity index (χ2v) is 7.99. The molecule has 0 radical (unpaired) electrons. The molecule has 3 aliphatic rings. The lowest BCUT2D eigenvalue weighted by atomic mass is 10.1. The number of hydrogen-bond acceptors (Lipinski definition) is 3. The van der Waals surface area contributed by atoms with Crippen molar-refractivity contribution >= 4 is 45.3 Å². The van der Waals surface area contributed by atoms with Crippen molar-refractivity contribution in [3.8, 4) is 0 Å². The second kappa shape index (κ2) is 4.90. The smallest absolute Gasteiger partial charge is 0.143 e. The largest absolute Gasteiger partial charge is 0.464 e. The molecular weight excluding hydrogens is 352 g/mol. The van der Waals surface area contributed by atoms with Crippen LogP contribution in [0.15, 0.2) is 71.3 Å². The van der Waals surface area contributed by atoms with E-state index in [1.807, 2.05) is 18.2 Å². The van der Waals surface area contributed by atoms with Gasteiger partial charge in [-0.05, 0) is 41.5 Å². The summed E-state index contributed by atoms with van der Waals surface area (Å²) in [5.41, 5.74) is 8.40. The summed E-state index contributed by atoms with van der Waals surface area (Å²) in [6, 6.07) is 6.26. The maximum Gasteiger partial charge on any atom is 0.143 e. The summed E-state index contributed by atoms with van der Waals surface area (Å²) in [4.78, 5) is 2.34. The first-order chi connectivity index (χ1) is 13.1. The Morgan fingerprint density at radius 3 is 2.52 bits per heavy atom. The molecule has 0 amide bonds. The highest BCUT2D eigenvalue weighted by Gasteiger charge is 2.29. The quantitative estimate of drug-likeness (QED) is 0.493. The van der Waals surface area contributed by atoms with Crippen molar-refractivity contribution in [1.82, 2.24) is 0 Å². The van der Waals surface area contributed by atoms with E-state index in [0.29, 0.717) is 0 Å². The van der Waals surface area contributed by atoms with E-state index in [1.54, 1.807) is 17.6 Å². The van der Waals surface area contributed by atoms with E-state index in [0.717, 1.165) is 66.7 Å². The second-order valence-electron chi connectivity index (χ2n) is 6.94. The fourth-order valence-electron chi connectivity index (χ4n) is 3.93. The van der Waals surface area contributed by atoms with Crippen molar-refractivity contribution in [2.75, 3.05) is 0 Å². The van der Waals surface area contributed by atoms with Crippen LogP contribution in [-0.4, -0.2) is 0 Å². The zero-order chi connectivity index (χ0) is 18.3. The van der Waals surface area contributed by atoms with Crippen LogP contribution in [0.25, 0.3) is 33.9 Å². The molecule has 0 atom stereocenters. The van der Waals surface area contributed by atoms with Gasteiger partial charge in [0.15, 0.2) is 0 Å². The average Bonchev–Trinajstić information content (AvgIpc) is 3.43.